The molecule has 0 spiro atoms. The first-order chi connectivity index (χ1) is 14.7. The number of amides is 1. The number of thioether (sulfide) groups is 1. The maximum Gasteiger partial charge on any atom is 0.273 e. The molecule has 0 radical (unpaired) electrons. The summed E-state index contributed by atoms with van der Waals surface area (Å²) in [4.78, 5) is 25.4. The first kappa shape index (κ1) is 19.4. The minimum atomic E-state index is -0.122. The fourth-order valence-electron chi connectivity index (χ4n) is 3.94. The van der Waals surface area contributed by atoms with Crippen LogP contribution in [0.2, 0.25) is 0 Å². The molecule has 4 heterocycles. The summed E-state index contributed by atoms with van der Waals surface area (Å²) in [5, 5.41) is 14.2. The molecule has 1 fully saturated rings. The third-order valence-electron chi connectivity index (χ3n) is 5.38. The van der Waals surface area contributed by atoms with Crippen molar-refractivity contribution in [3.63, 3.8) is 0 Å². The Labute approximate surface area is 180 Å². The highest BCUT2D eigenvalue weighted by Gasteiger charge is 2.20. The van der Waals surface area contributed by atoms with Gasteiger partial charge in [0.25, 0.3) is 5.56 Å². The number of furan rings is 1. The fraction of sp³-hybridized carbons (Fsp3) is 0.400. The second kappa shape index (κ2) is 8.27. The maximum atomic E-state index is 13.0. The SMILES string of the molecule is O=C(CSc1nnc2n(Cc3ccco3)c(=O)c3sccc3n12)NC1CCCCC1. The molecule has 0 aromatic carbocycles. The van der Waals surface area contributed by atoms with Crippen molar-refractivity contribution in [1.82, 2.24) is 24.5 Å². The van der Waals surface area contributed by atoms with Gasteiger partial charge in [-0.2, -0.15) is 0 Å². The summed E-state index contributed by atoms with van der Waals surface area (Å²) in [6.45, 7) is 0.272. The lowest BCUT2D eigenvalue weighted by Crippen LogP contribution is -2.37. The van der Waals surface area contributed by atoms with Gasteiger partial charge in [-0.05, 0) is 36.4 Å². The Morgan fingerprint density at radius 1 is 1.27 bits per heavy atom. The van der Waals surface area contributed by atoms with Crippen LogP contribution in [0.15, 0.2) is 44.2 Å². The second-order valence-electron chi connectivity index (χ2n) is 7.41. The Morgan fingerprint density at radius 2 is 2.13 bits per heavy atom. The van der Waals surface area contributed by atoms with Gasteiger partial charge in [-0.15, -0.1) is 21.5 Å². The van der Waals surface area contributed by atoms with Gasteiger partial charge in [0.05, 0.1) is 24.1 Å². The van der Waals surface area contributed by atoms with E-state index in [0.717, 1.165) is 18.4 Å². The van der Waals surface area contributed by atoms with Crippen molar-refractivity contribution < 1.29 is 9.21 Å². The van der Waals surface area contributed by atoms with Crippen molar-refractivity contribution >= 4 is 45.0 Å². The van der Waals surface area contributed by atoms with Crippen molar-refractivity contribution in [1.29, 1.82) is 0 Å². The zero-order chi connectivity index (χ0) is 20.5. The van der Waals surface area contributed by atoms with Crippen molar-refractivity contribution in [3.05, 3.63) is 46.0 Å². The molecule has 10 heteroatoms. The number of rotatable bonds is 6. The zero-order valence-electron chi connectivity index (χ0n) is 16.2. The number of carbonyl (C=O) groups excluding carboxylic acids is 1. The van der Waals surface area contributed by atoms with Crippen molar-refractivity contribution in [2.24, 2.45) is 0 Å². The Bertz CT molecular complexity index is 1230. The second-order valence-corrected chi connectivity index (χ2v) is 9.27. The summed E-state index contributed by atoms with van der Waals surface area (Å²) in [5.41, 5.74) is 0.638. The van der Waals surface area contributed by atoms with E-state index in [4.69, 9.17) is 4.42 Å². The Hall–Kier alpha value is -2.59. The lowest BCUT2D eigenvalue weighted by atomic mass is 9.95. The van der Waals surface area contributed by atoms with E-state index in [1.165, 1.54) is 42.4 Å². The molecule has 1 N–H and O–H groups in total. The Kier molecular flexibility index (Phi) is 5.34. The average molecular weight is 444 g/mol. The highest BCUT2D eigenvalue weighted by Crippen LogP contribution is 2.25. The summed E-state index contributed by atoms with van der Waals surface area (Å²) in [5.74, 6) is 1.38. The summed E-state index contributed by atoms with van der Waals surface area (Å²) in [6, 6.07) is 5.78. The molecule has 5 rings (SSSR count). The van der Waals surface area contributed by atoms with E-state index < -0.39 is 0 Å². The third kappa shape index (κ3) is 3.65. The molecule has 1 aliphatic rings. The van der Waals surface area contributed by atoms with Gasteiger partial charge in [0.2, 0.25) is 11.7 Å². The summed E-state index contributed by atoms with van der Waals surface area (Å²) >= 11 is 2.72. The van der Waals surface area contributed by atoms with E-state index in [0.29, 0.717) is 21.4 Å². The molecule has 0 aliphatic heterocycles. The lowest BCUT2D eigenvalue weighted by Gasteiger charge is -2.22. The smallest absolute Gasteiger partial charge is 0.273 e. The average Bonchev–Trinajstić information content (AvgIpc) is 3.50. The van der Waals surface area contributed by atoms with Crippen LogP contribution in [0.25, 0.3) is 16.0 Å². The van der Waals surface area contributed by atoms with E-state index >= 15 is 0 Å². The van der Waals surface area contributed by atoms with Crippen LogP contribution in [0.1, 0.15) is 37.9 Å². The van der Waals surface area contributed by atoms with Crippen LogP contribution in [0.3, 0.4) is 0 Å². The zero-order valence-corrected chi connectivity index (χ0v) is 17.9. The summed E-state index contributed by atoms with van der Waals surface area (Å²) < 4.78 is 9.47. The van der Waals surface area contributed by atoms with Gasteiger partial charge < -0.3 is 9.73 Å². The molecule has 1 aliphatic carbocycles. The van der Waals surface area contributed by atoms with Gasteiger partial charge in [-0.1, -0.05) is 31.0 Å². The first-order valence-electron chi connectivity index (χ1n) is 10.0. The number of nitrogens with zero attached hydrogens (tertiary/aromatic N) is 4. The number of aromatic nitrogens is 4. The van der Waals surface area contributed by atoms with Crippen molar-refractivity contribution in [3.8, 4) is 0 Å². The highest BCUT2D eigenvalue weighted by molar-refractivity contribution is 7.99. The van der Waals surface area contributed by atoms with Gasteiger partial charge in [-0.25, -0.2) is 0 Å². The maximum absolute atomic E-state index is 13.0. The van der Waals surface area contributed by atoms with Gasteiger partial charge in [-0.3, -0.25) is 18.6 Å². The topological polar surface area (TPSA) is 94.4 Å². The molecule has 0 atom stereocenters. The molecular formula is C20H21N5O3S2. The number of carbonyl (C=O) groups is 1. The first-order valence-corrected chi connectivity index (χ1v) is 11.9. The van der Waals surface area contributed by atoms with Crippen molar-refractivity contribution in [2.45, 2.75) is 49.8 Å². The number of fused-ring (bicyclic) bond motifs is 3. The number of hydrogen-bond donors (Lipinski definition) is 1. The van der Waals surface area contributed by atoms with E-state index in [1.54, 1.807) is 16.9 Å². The number of nitrogens with one attached hydrogen (secondary N) is 1. The van der Waals surface area contributed by atoms with Crippen LogP contribution in [0, 0.1) is 0 Å². The standard InChI is InChI=1S/C20H21N5O3S2/c26-16(21-13-5-2-1-3-6-13)12-30-20-23-22-19-24(11-14-7-4-9-28-14)18(27)17-15(25(19)20)8-10-29-17/h4,7-10,13H,1-3,5-6,11-12H2,(H,21,26). The number of hydrogen-bond acceptors (Lipinski definition) is 7. The number of thiophene rings is 1. The predicted molar refractivity (Wildman–Crippen MR) is 116 cm³/mol. The van der Waals surface area contributed by atoms with Crippen LogP contribution in [-0.2, 0) is 11.3 Å². The van der Waals surface area contributed by atoms with Crippen LogP contribution in [-0.4, -0.2) is 36.9 Å². The monoisotopic (exact) mass is 443 g/mol. The van der Waals surface area contributed by atoms with Crippen LogP contribution >= 0.6 is 23.1 Å². The molecule has 0 saturated heterocycles. The van der Waals surface area contributed by atoms with E-state index in [9.17, 15) is 9.59 Å². The van der Waals surface area contributed by atoms with E-state index in [1.807, 2.05) is 21.9 Å². The Morgan fingerprint density at radius 3 is 2.93 bits per heavy atom. The minimum absolute atomic E-state index is 0.00844. The quantitative estimate of drug-likeness (QED) is 0.460. The molecule has 30 heavy (non-hydrogen) atoms. The highest BCUT2D eigenvalue weighted by atomic mass is 32.2. The molecular weight excluding hydrogens is 422 g/mol. The Balaban J connectivity index is 1.44. The fourth-order valence-corrected chi connectivity index (χ4v) is 5.52. The summed E-state index contributed by atoms with van der Waals surface area (Å²) in [7, 11) is 0. The van der Waals surface area contributed by atoms with Crippen molar-refractivity contribution in [2.75, 3.05) is 5.75 Å². The minimum Gasteiger partial charge on any atom is -0.467 e. The normalized spacial score (nSPS) is 15.2. The third-order valence-corrected chi connectivity index (χ3v) is 7.20. The van der Waals surface area contributed by atoms with Gasteiger partial charge in [0.15, 0.2) is 5.16 Å². The molecule has 8 nitrogen and oxygen atoms in total. The molecule has 4 aromatic heterocycles. The molecule has 156 valence electrons. The van der Waals surface area contributed by atoms with Crippen LogP contribution in [0.4, 0.5) is 0 Å². The van der Waals surface area contributed by atoms with Gasteiger partial charge in [0.1, 0.15) is 10.5 Å². The van der Waals surface area contributed by atoms with E-state index in [-0.39, 0.29) is 29.8 Å². The molecule has 0 bridgehead atoms. The molecule has 4 aromatic rings. The van der Waals surface area contributed by atoms with E-state index in [2.05, 4.69) is 15.5 Å². The van der Waals surface area contributed by atoms with Crippen LogP contribution < -0.4 is 10.9 Å². The van der Waals surface area contributed by atoms with Gasteiger partial charge in [0, 0.05) is 6.04 Å². The lowest BCUT2D eigenvalue weighted by molar-refractivity contribution is -0.119. The molecule has 0 unspecified atom stereocenters. The summed E-state index contributed by atoms with van der Waals surface area (Å²) in [6.07, 6.45) is 7.30. The van der Waals surface area contributed by atoms with Gasteiger partial charge >= 0.3 is 0 Å². The predicted octanol–water partition coefficient (Wildman–Crippen LogP) is 3.29. The molecule has 1 saturated carbocycles. The van der Waals surface area contributed by atoms with Crippen LogP contribution in [0.5, 0.6) is 0 Å². The largest absolute Gasteiger partial charge is 0.467 e. The molecule has 1 amide bonds.